The van der Waals surface area contributed by atoms with Crippen molar-refractivity contribution in [3.63, 3.8) is 0 Å². The standard InChI is InChI=1S/C30H22Cl2N2O3S/c31-23-12-6-19(7-13-23)17-34-27(35)18-38-30(34)22-10-8-21(9-11-22)29(37)33-26-15-14-24(32)16-25(26)28(36)20-4-2-1-3-5-20/h1-16,30H,17-18H2,(H,33,37)/t30-/m0/s1. The van der Waals surface area contributed by atoms with E-state index in [0.29, 0.717) is 44.7 Å². The first kappa shape index (κ1) is 26.0. The molecule has 5 nitrogen and oxygen atoms in total. The quantitative estimate of drug-likeness (QED) is 0.242. The highest BCUT2D eigenvalue weighted by Gasteiger charge is 2.32. The predicted octanol–water partition coefficient (Wildman–Crippen LogP) is 7.25. The molecule has 1 aliphatic rings. The van der Waals surface area contributed by atoms with Gasteiger partial charge in [0.15, 0.2) is 5.78 Å². The molecule has 0 aromatic heterocycles. The summed E-state index contributed by atoms with van der Waals surface area (Å²) in [7, 11) is 0. The van der Waals surface area contributed by atoms with Crippen molar-refractivity contribution >= 4 is 58.2 Å². The summed E-state index contributed by atoms with van der Waals surface area (Å²) in [5.41, 5.74) is 3.55. The van der Waals surface area contributed by atoms with Gasteiger partial charge in [0.2, 0.25) is 5.91 Å². The minimum absolute atomic E-state index is 0.0649. The number of benzene rings is 4. The van der Waals surface area contributed by atoms with Crippen molar-refractivity contribution in [3.8, 4) is 0 Å². The van der Waals surface area contributed by atoms with E-state index in [1.807, 2.05) is 47.4 Å². The minimum atomic E-state index is -0.353. The molecular formula is C30H22Cl2N2O3S. The smallest absolute Gasteiger partial charge is 0.255 e. The van der Waals surface area contributed by atoms with Crippen LogP contribution in [0, 0.1) is 0 Å². The van der Waals surface area contributed by atoms with E-state index in [-0.39, 0.29) is 23.0 Å². The van der Waals surface area contributed by atoms with Gasteiger partial charge in [0, 0.05) is 33.3 Å². The Hall–Kier alpha value is -3.58. The maximum Gasteiger partial charge on any atom is 0.255 e. The molecule has 0 radical (unpaired) electrons. The van der Waals surface area contributed by atoms with Crippen LogP contribution < -0.4 is 5.32 Å². The topological polar surface area (TPSA) is 66.5 Å². The maximum absolute atomic E-state index is 13.1. The highest BCUT2D eigenvalue weighted by atomic mass is 35.5. The molecule has 8 heteroatoms. The van der Waals surface area contributed by atoms with Gasteiger partial charge < -0.3 is 10.2 Å². The number of thioether (sulfide) groups is 1. The number of carbonyl (C=O) groups is 3. The van der Waals surface area contributed by atoms with E-state index in [1.54, 1.807) is 66.4 Å². The Labute approximate surface area is 234 Å². The zero-order valence-electron chi connectivity index (χ0n) is 20.1. The molecule has 4 aromatic rings. The molecule has 0 spiro atoms. The predicted molar refractivity (Wildman–Crippen MR) is 153 cm³/mol. The molecule has 190 valence electrons. The molecule has 4 aromatic carbocycles. The summed E-state index contributed by atoms with van der Waals surface area (Å²) in [6.45, 7) is 0.477. The first-order chi connectivity index (χ1) is 18.4. The third kappa shape index (κ3) is 5.78. The average molecular weight is 561 g/mol. The largest absolute Gasteiger partial charge is 0.322 e. The van der Waals surface area contributed by atoms with Crippen LogP contribution in [0.3, 0.4) is 0 Å². The lowest BCUT2D eigenvalue weighted by atomic mass is 10.0. The lowest BCUT2D eigenvalue weighted by molar-refractivity contribution is -0.128. The fourth-order valence-corrected chi connectivity index (χ4v) is 5.73. The Bertz CT molecular complexity index is 1490. The number of nitrogens with one attached hydrogen (secondary N) is 1. The van der Waals surface area contributed by atoms with Crippen LogP contribution in [0.25, 0.3) is 0 Å². The Morgan fingerprint density at radius 2 is 1.53 bits per heavy atom. The van der Waals surface area contributed by atoms with Crippen LogP contribution in [0.4, 0.5) is 5.69 Å². The molecule has 1 fully saturated rings. The van der Waals surface area contributed by atoms with Crippen LogP contribution in [-0.2, 0) is 11.3 Å². The highest BCUT2D eigenvalue weighted by Crippen LogP contribution is 2.39. The van der Waals surface area contributed by atoms with E-state index in [0.717, 1.165) is 11.1 Å². The first-order valence-electron chi connectivity index (χ1n) is 11.8. The van der Waals surface area contributed by atoms with Crippen LogP contribution in [0.2, 0.25) is 10.0 Å². The minimum Gasteiger partial charge on any atom is -0.322 e. The Morgan fingerprint density at radius 3 is 2.24 bits per heavy atom. The van der Waals surface area contributed by atoms with Crippen LogP contribution in [-0.4, -0.2) is 28.3 Å². The average Bonchev–Trinajstić information content (AvgIpc) is 3.30. The lowest BCUT2D eigenvalue weighted by Crippen LogP contribution is -2.27. The molecule has 0 bridgehead atoms. The van der Waals surface area contributed by atoms with E-state index < -0.39 is 0 Å². The molecule has 2 amide bonds. The van der Waals surface area contributed by atoms with Gasteiger partial charge in [-0.1, -0.05) is 77.8 Å². The Morgan fingerprint density at radius 1 is 0.842 bits per heavy atom. The monoisotopic (exact) mass is 560 g/mol. The third-order valence-electron chi connectivity index (χ3n) is 6.20. The van der Waals surface area contributed by atoms with Gasteiger partial charge in [0.05, 0.1) is 11.4 Å². The number of nitrogens with zero attached hydrogens (tertiary/aromatic N) is 1. The molecule has 1 atom stereocenters. The van der Waals surface area contributed by atoms with Gasteiger partial charge in [-0.25, -0.2) is 0 Å². The fraction of sp³-hybridized carbons (Fsp3) is 0.100. The molecule has 0 saturated carbocycles. The summed E-state index contributed by atoms with van der Waals surface area (Å²) in [5.74, 6) is -0.123. The zero-order valence-corrected chi connectivity index (χ0v) is 22.4. The van der Waals surface area contributed by atoms with E-state index in [4.69, 9.17) is 23.2 Å². The molecule has 0 unspecified atom stereocenters. The number of amides is 2. The third-order valence-corrected chi connectivity index (χ3v) is 7.95. The van der Waals surface area contributed by atoms with Crippen LogP contribution in [0.5, 0.6) is 0 Å². The van der Waals surface area contributed by atoms with Crippen molar-refractivity contribution in [2.24, 2.45) is 0 Å². The van der Waals surface area contributed by atoms with Crippen molar-refractivity contribution in [1.82, 2.24) is 4.90 Å². The molecule has 5 rings (SSSR count). The zero-order chi connectivity index (χ0) is 26.6. The molecule has 1 saturated heterocycles. The summed E-state index contributed by atoms with van der Waals surface area (Å²) in [5, 5.41) is 3.75. The van der Waals surface area contributed by atoms with Crippen molar-refractivity contribution < 1.29 is 14.4 Å². The number of rotatable bonds is 7. The van der Waals surface area contributed by atoms with Gasteiger partial charge in [-0.05, 0) is 53.6 Å². The van der Waals surface area contributed by atoms with Crippen molar-refractivity contribution in [2.45, 2.75) is 11.9 Å². The Balaban J connectivity index is 1.32. The SMILES string of the molecule is O=C(Nc1ccc(Cl)cc1C(=O)c1ccccc1)c1ccc([C@@H]2SCC(=O)N2Cc2ccc(Cl)cc2)cc1. The number of hydrogen-bond acceptors (Lipinski definition) is 4. The normalized spacial score (nSPS) is 14.9. The number of ketones is 1. The van der Waals surface area contributed by atoms with Gasteiger partial charge in [-0.15, -0.1) is 11.8 Å². The molecule has 0 aliphatic carbocycles. The molecular weight excluding hydrogens is 539 g/mol. The molecule has 1 N–H and O–H groups in total. The van der Waals surface area contributed by atoms with E-state index in [9.17, 15) is 14.4 Å². The second-order valence-corrected chi connectivity index (χ2v) is 10.7. The lowest BCUT2D eigenvalue weighted by Gasteiger charge is -2.24. The summed E-state index contributed by atoms with van der Waals surface area (Å²) in [6, 6.07) is 28.3. The van der Waals surface area contributed by atoms with Crippen molar-refractivity contribution in [2.75, 3.05) is 11.1 Å². The molecule has 1 heterocycles. The van der Waals surface area contributed by atoms with Crippen molar-refractivity contribution in [3.05, 3.63) is 135 Å². The van der Waals surface area contributed by atoms with Gasteiger partial charge in [-0.2, -0.15) is 0 Å². The molecule has 38 heavy (non-hydrogen) atoms. The van der Waals surface area contributed by atoms with Crippen LogP contribution in [0.15, 0.2) is 97.1 Å². The summed E-state index contributed by atoms with van der Waals surface area (Å²) < 4.78 is 0. The van der Waals surface area contributed by atoms with Gasteiger partial charge in [0.25, 0.3) is 5.91 Å². The number of carbonyl (C=O) groups excluding carboxylic acids is 3. The van der Waals surface area contributed by atoms with E-state index in [1.165, 1.54) is 0 Å². The number of hydrogen-bond donors (Lipinski definition) is 1. The number of halogens is 2. The van der Waals surface area contributed by atoms with Gasteiger partial charge in [-0.3, -0.25) is 14.4 Å². The fourth-order valence-electron chi connectivity index (χ4n) is 4.24. The van der Waals surface area contributed by atoms with Gasteiger partial charge >= 0.3 is 0 Å². The summed E-state index contributed by atoms with van der Waals surface area (Å²) in [4.78, 5) is 40.6. The van der Waals surface area contributed by atoms with Crippen LogP contribution in [0.1, 0.15) is 42.8 Å². The summed E-state index contributed by atoms with van der Waals surface area (Å²) in [6.07, 6.45) is 0. The van der Waals surface area contributed by atoms with Gasteiger partial charge in [0.1, 0.15) is 5.37 Å². The Kier molecular flexibility index (Phi) is 7.84. The maximum atomic E-state index is 13.1. The summed E-state index contributed by atoms with van der Waals surface area (Å²) >= 11 is 13.7. The van der Waals surface area contributed by atoms with Crippen molar-refractivity contribution in [1.29, 1.82) is 0 Å². The highest BCUT2D eigenvalue weighted by molar-refractivity contribution is 8.00. The second kappa shape index (κ2) is 11.4. The molecule has 1 aliphatic heterocycles. The number of anilines is 1. The first-order valence-corrected chi connectivity index (χ1v) is 13.7. The van der Waals surface area contributed by atoms with E-state index in [2.05, 4.69) is 5.32 Å². The second-order valence-electron chi connectivity index (χ2n) is 8.77. The van der Waals surface area contributed by atoms with E-state index >= 15 is 0 Å². The van der Waals surface area contributed by atoms with Crippen LogP contribution >= 0.6 is 35.0 Å².